The van der Waals surface area contributed by atoms with Crippen LogP contribution in [0.2, 0.25) is 0 Å². The molecule has 16 heavy (non-hydrogen) atoms. The SMILES string of the molecule is CCCc1cc(NCc2cscn2)n(C)n1. The summed E-state index contributed by atoms with van der Waals surface area (Å²) >= 11 is 1.62. The summed E-state index contributed by atoms with van der Waals surface area (Å²) in [5.41, 5.74) is 4.07. The van der Waals surface area contributed by atoms with Gasteiger partial charge in [0.25, 0.3) is 0 Å². The lowest BCUT2D eigenvalue weighted by molar-refractivity contribution is 0.734. The summed E-state index contributed by atoms with van der Waals surface area (Å²) in [6.45, 7) is 2.92. The van der Waals surface area contributed by atoms with Crippen molar-refractivity contribution >= 4 is 17.2 Å². The number of thiazole rings is 1. The predicted octanol–water partition coefficient (Wildman–Crippen LogP) is 2.44. The molecule has 0 aliphatic rings. The second kappa shape index (κ2) is 5.12. The minimum atomic E-state index is 0.759. The van der Waals surface area contributed by atoms with Gasteiger partial charge in [-0.2, -0.15) is 5.10 Å². The highest BCUT2D eigenvalue weighted by molar-refractivity contribution is 7.07. The first-order chi connectivity index (χ1) is 7.79. The fourth-order valence-electron chi connectivity index (χ4n) is 1.58. The number of rotatable bonds is 5. The van der Waals surface area contributed by atoms with Crippen LogP contribution in [0.1, 0.15) is 24.7 Å². The molecule has 2 aromatic heterocycles. The van der Waals surface area contributed by atoms with E-state index in [1.165, 1.54) is 0 Å². The molecule has 5 heteroatoms. The van der Waals surface area contributed by atoms with Crippen molar-refractivity contribution in [3.63, 3.8) is 0 Å². The summed E-state index contributed by atoms with van der Waals surface area (Å²) in [6, 6.07) is 2.11. The van der Waals surface area contributed by atoms with Gasteiger partial charge in [-0.25, -0.2) is 4.98 Å². The number of nitrogens with one attached hydrogen (secondary N) is 1. The lowest BCUT2D eigenvalue weighted by Crippen LogP contribution is -2.04. The Labute approximate surface area is 99.3 Å². The van der Waals surface area contributed by atoms with Gasteiger partial charge in [-0.05, 0) is 6.42 Å². The molecule has 0 fully saturated rings. The van der Waals surface area contributed by atoms with Gasteiger partial charge in [-0.15, -0.1) is 11.3 Å². The van der Waals surface area contributed by atoms with E-state index in [0.717, 1.165) is 36.6 Å². The maximum Gasteiger partial charge on any atom is 0.124 e. The summed E-state index contributed by atoms with van der Waals surface area (Å²) in [6.07, 6.45) is 2.16. The minimum absolute atomic E-state index is 0.759. The Morgan fingerprint density at radius 1 is 1.44 bits per heavy atom. The van der Waals surface area contributed by atoms with Crippen LogP contribution in [0.5, 0.6) is 0 Å². The third-order valence-corrected chi connectivity index (χ3v) is 3.01. The van der Waals surface area contributed by atoms with Crippen molar-refractivity contribution in [1.29, 1.82) is 0 Å². The van der Waals surface area contributed by atoms with Gasteiger partial charge in [-0.3, -0.25) is 4.68 Å². The fourth-order valence-corrected chi connectivity index (χ4v) is 2.13. The van der Waals surface area contributed by atoms with Crippen molar-refractivity contribution in [2.24, 2.45) is 7.05 Å². The highest BCUT2D eigenvalue weighted by atomic mass is 32.1. The molecule has 0 saturated heterocycles. The zero-order chi connectivity index (χ0) is 11.4. The standard InChI is InChI=1S/C11H16N4S/c1-3-4-9-5-11(15(2)14-9)12-6-10-7-16-8-13-10/h5,7-8,12H,3-4,6H2,1-2H3. The van der Waals surface area contributed by atoms with Gasteiger partial charge in [0.05, 0.1) is 23.4 Å². The number of nitrogens with zero attached hydrogens (tertiary/aromatic N) is 3. The van der Waals surface area contributed by atoms with Crippen LogP contribution in [0.15, 0.2) is 17.0 Å². The lowest BCUT2D eigenvalue weighted by Gasteiger charge is -2.03. The first-order valence-corrected chi connectivity index (χ1v) is 6.37. The molecule has 0 aromatic carbocycles. The lowest BCUT2D eigenvalue weighted by atomic mass is 10.2. The average molecular weight is 236 g/mol. The van der Waals surface area contributed by atoms with Gasteiger partial charge in [0.2, 0.25) is 0 Å². The van der Waals surface area contributed by atoms with Gasteiger partial charge in [-0.1, -0.05) is 13.3 Å². The van der Waals surface area contributed by atoms with Crippen molar-refractivity contribution in [1.82, 2.24) is 14.8 Å². The number of hydrogen-bond acceptors (Lipinski definition) is 4. The van der Waals surface area contributed by atoms with Gasteiger partial charge < -0.3 is 5.32 Å². The molecule has 0 spiro atoms. The summed E-state index contributed by atoms with van der Waals surface area (Å²) in [7, 11) is 1.96. The molecule has 2 aromatic rings. The zero-order valence-electron chi connectivity index (χ0n) is 9.60. The molecule has 0 unspecified atom stereocenters. The van der Waals surface area contributed by atoms with Crippen LogP contribution in [0.3, 0.4) is 0 Å². The van der Waals surface area contributed by atoms with Crippen LogP contribution < -0.4 is 5.32 Å². The summed E-state index contributed by atoms with van der Waals surface area (Å²) in [5, 5.41) is 9.83. The van der Waals surface area contributed by atoms with Crippen molar-refractivity contribution in [3.05, 3.63) is 28.3 Å². The maximum atomic E-state index is 4.44. The van der Waals surface area contributed by atoms with E-state index in [-0.39, 0.29) is 0 Å². The van der Waals surface area contributed by atoms with Crippen molar-refractivity contribution in [3.8, 4) is 0 Å². The topological polar surface area (TPSA) is 42.7 Å². The second-order valence-electron chi connectivity index (χ2n) is 3.73. The van der Waals surface area contributed by atoms with E-state index in [1.54, 1.807) is 11.3 Å². The molecule has 1 N–H and O–H groups in total. The molecule has 0 saturated carbocycles. The number of hydrogen-bond donors (Lipinski definition) is 1. The van der Waals surface area contributed by atoms with Crippen LogP contribution in [0.25, 0.3) is 0 Å². The third-order valence-electron chi connectivity index (χ3n) is 2.37. The molecule has 4 nitrogen and oxygen atoms in total. The Bertz CT molecular complexity index is 433. The van der Waals surface area contributed by atoms with E-state index in [9.17, 15) is 0 Å². The molecule has 2 rings (SSSR count). The van der Waals surface area contributed by atoms with E-state index >= 15 is 0 Å². The molecule has 0 amide bonds. The van der Waals surface area contributed by atoms with Crippen LogP contribution in [-0.2, 0) is 20.0 Å². The summed E-state index contributed by atoms with van der Waals surface area (Å²) in [5.74, 6) is 1.05. The fraction of sp³-hybridized carbons (Fsp3) is 0.455. The largest absolute Gasteiger partial charge is 0.365 e. The average Bonchev–Trinajstić information content (AvgIpc) is 2.86. The molecule has 2 heterocycles. The van der Waals surface area contributed by atoms with E-state index in [4.69, 9.17) is 0 Å². The van der Waals surface area contributed by atoms with Crippen LogP contribution >= 0.6 is 11.3 Å². The molecular formula is C11H16N4S. The number of anilines is 1. The molecule has 0 aliphatic carbocycles. The predicted molar refractivity (Wildman–Crippen MR) is 66.6 cm³/mol. The molecular weight excluding hydrogens is 220 g/mol. The molecule has 86 valence electrons. The first kappa shape index (κ1) is 11.1. The highest BCUT2D eigenvalue weighted by Gasteiger charge is 2.04. The second-order valence-corrected chi connectivity index (χ2v) is 4.45. The van der Waals surface area contributed by atoms with Crippen LogP contribution in [0, 0.1) is 0 Å². The smallest absolute Gasteiger partial charge is 0.124 e. The Morgan fingerprint density at radius 2 is 2.31 bits per heavy atom. The van der Waals surface area contributed by atoms with Crippen LogP contribution in [0.4, 0.5) is 5.82 Å². The number of aryl methyl sites for hydroxylation is 2. The molecule has 0 radical (unpaired) electrons. The van der Waals surface area contributed by atoms with Crippen molar-refractivity contribution in [2.45, 2.75) is 26.3 Å². The van der Waals surface area contributed by atoms with E-state index in [1.807, 2.05) is 17.2 Å². The molecule has 0 atom stereocenters. The van der Waals surface area contributed by atoms with Gasteiger partial charge in [0, 0.05) is 18.5 Å². The highest BCUT2D eigenvalue weighted by Crippen LogP contribution is 2.12. The minimum Gasteiger partial charge on any atom is -0.365 e. The molecule has 0 bridgehead atoms. The Balaban J connectivity index is 1.98. The van der Waals surface area contributed by atoms with E-state index in [0.29, 0.717) is 0 Å². The quantitative estimate of drug-likeness (QED) is 0.867. The first-order valence-electron chi connectivity index (χ1n) is 5.43. The van der Waals surface area contributed by atoms with Crippen molar-refractivity contribution in [2.75, 3.05) is 5.32 Å². The Kier molecular flexibility index (Phi) is 3.56. The van der Waals surface area contributed by atoms with Gasteiger partial charge in [0.1, 0.15) is 5.82 Å². The summed E-state index contributed by atoms with van der Waals surface area (Å²) < 4.78 is 1.89. The van der Waals surface area contributed by atoms with Crippen LogP contribution in [-0.4, -0.2) is 14.8 Å². The monoisotopic (exact) mass is 236 g/mol. The molecule has 0 aliphatic heterocycles. The Morgan fingerprint density at radius 3 is 3.00 bits per heavy atom. The van der Waals surface area contributed by atoms with E-state index < -0.39 is 0 Å². The maximum absolute atomic E-state index is 4.44. The number of aromatic nitrogens is 3. The van der Waals surface area contributed by atoms with Gasteiger partial charge >= 0.3 is 0 Å². The summed E-state index contributed by atoms with van der Waals surface area (Å²) in [4.78, 5) is 4.23. The van der Waals surface area contributed by atoms with Gasteiger partial charge in [0.15, 0.2) is 0 Å². The zero-order valence-corrected chi connectivity index (χ0v) is 10.4. The van der Waals surface area contributed by atoms with E-state index in [2.05, 4.69) is 33.8 Å². The normalized spacial score (nSPS) is 10.6. The Hall–Kier alpha value is -1.36. The van der Waals surface area contributed by atoms with Crippen molar-refractivity contribution < 1.29 is 0 Å². The third kappa shape index (κ3) is 2.61.